The van der Waals surface area contributed by atoms with Gasteiger partial charge in [0.15, 0.2) is 23.1 Å². The molecule has 0 aliphatic carbocycles. The van der Waals surface area contributed by atoms with Crippen LogP contribution in [0, 0.1) is 0 Å². The van der Waals surface area contributed by atoms with E-state index in [4.69, 9.17) is 13.9 Å². The zero-order valence-electron chi connectivity index (χ0n) is 20.3. The molecular formula is C26H28N6O4. The van der Waals surface area contributed by atoms with Gasteiger partial charge in [0.2, 0.25) is 0 Å². The van der Waals surface area contributed by atoms with Gasteiger partial charge in [-0.1, -0.05) is 36.4 Å². The summed E-state index contributed by atoms with van der Waals surface area (Å²) in [5.41, 5.74) is 2.08. The molecule has 2 aromatic carbocycles. The number of hydrogen-bond acceptors (Lipinski definition) is 8. The number of aromatic nitrogens is 4. The zero-order valence-corrected chi connectivity index (χ0v) is 20.3. The molecule has 3 heterocycles. The lowest BCUT2D eigenvalue weighted by Crippen LogP contribution is -2.50. The maximum Gasteiger partial charge on any atom is 0.289 e. The van der Waals surface area contributed by atoms with Crippen LogP contribution in [0.4, 0.5) is 0 Å². The van der Waals surface area contributed by atoms with Gasteiger partial charge in [-0.2, -0.15) is 0 Å². The van der Waals surface area contributed by atoms with E-state index in [9.17, 15) is 4.79 Å². The van der Waals surface area contributed by atoms with E-state index < -0.39 is 0 Å². The standard InChI is InChI=1S/C26H28N6O4/c1-34-21-11-10-20(17-23(21)35-2)24(25-27-28-29-32(25)18-19-7-4-3-5-8-19)30-12-14-31(15-13-30)26(33)22-9-6-16-36-22/h3-11,16-17,24H,12-15,18H2,1-2H3/t24-/m1/s1. The molecule has 0 spiro atoms. The van der Waals surface area contributed by atoms with Crippen molar-refractivity contribution in [3.63, 3.8) is 0 Å². The second-order valence-corrected chi connectivity index (χ2v) is 8.50. The minimum atomic E-state index is -0.246. The Kier molecular flexibility index (Phi) is 6.94. The summed E-state index contributed by atoms with van der Waals surface area (Å²) < 4.78 is 18.2. The average Bonchev–Trinajstić information content (AvgIpc) is 3.62. The number of piperazine rings is 1. The van der Waals surface area contributed by atoms with Crippen LogP contribution in [0.15, 0.2) is 71.3 Å². The summed E-state index contributed by atoms with van der Waals surface area (Å²) in [5, 5.41) is 12.8. The number of ether oxygens (including phenoxy) is 2. The molecule has 5 rings (SSSR count). The van der Waals surface area contributed by atoms with Crippen molar-refractivity contribution in [2.24, 2.45) is 0 Å². The van der Waals surface area contributed by atoms with Crippen LogP contribution in [0.1, 0.15) is 33.5 Å². The van der Waals surface area contributed by atoms with Crippen LogP contribution in [0.5, 0.6) is 11.5 Å². The normalized spacial score (nSPS) is 15.0. The van der Waals surface area contributed by atoms with Crippen molar-refractivity contribution in [3.8, 4) is 11.5 Å². The molecule has 10 heteroatoms. The number of carbonyl (C=O) groups is 1. The van der Waals surface area contributed by atoms with Crippen LogP contribution >= 0.6 is 0 Å². The second-order valence-electron chi connectivity index (χ2n) is 8.50. The maximum atomic E-state index is 12.8. The smallest absolute Gasteiger partial charge is 0.289 e. The van der Waals surface area contributed by atoms with Crippen LogP contribution in [-0.2, 0) is 6.54 Å². The van der Waals surface area contributed by atoms with Crippen molar-refractivity contribution < 1.29 is 18.7 Å². The van der Waals surface area contributed by atoms with Crippen LogP contribution in [0.3, 0.4) is 0 Å². The van der Waals surface area contributed by atoms with E-state index in [1.165, 1.54) is 6.26 Å². The van der Waals surface area contributed by atoms with Gasteiger partial charge in [0.25, 0.3) is 5.91 Å². The SMILES string of the molecule is COc1ccc([C@H](c2nnnn2Cc2ccccc2)N2CCN(C(=O)c3ccco3)CC2)cc1OC. The summed E-state index contributed by atoms with van der Waals surface area (Å²) in [4.78, 5) is 16.9. The molecule has 0 saturated carbocycles. The minimum absolute atomic E-state index is 0.101. The highest BCUT2D eigenvalue weighted by Gasteiger charge is 2.33. The summed E-state index contributed by atoms with van der Waals surface area (Å²) in [6.45, 7) is 2.95. The van der Waals surface area contributed by atoms with Gasteiger partial charge in [-0.05, 0) is 45.8 Å². The molecule has 2 aromatic heterocycles. The van der Waals surface area contributed by atoms with Crippen LogP contribution in [0.2, 0.25) is 0 Å². The molecule has 0 bridgehead atoms. The Balaban J connectivity index is 1.45. The third-order valence-corrected chi connectivity index (χ3v) is 6.40. The number of furan rings is 1. The van der Waals surface area contributed by atoms with Crippen molar-refractivity contribution in [2.75, 3.05) is 40.4 Å². The summed E-state index contributed by atoms with van der Waals surface area (Å²) in [7, 11) is 3.24. The van der Waals surface area contributed by atoms with Crippen LogP contribution < -0.4 is 9.47 Å². The van der Waals surface area contributed by atoms with E-state index in [2.05, 4.69) is 32.6 Å². The first kappa shape index (κ1) is 23.6. The van der Waals surface area contributed by atoms with E-state index in [-0.39, 0.29) is 11.9 Å². The highest BCUT2D eigenvalue weighted by molar-refractivity contribution is 5.91. The van der Waals surface area contributed by atoms with Gasteiger partial charge >= 0.3 is 0 Å². The molecule has 1 aliphatic heterocycles. The monoisotopic (exact) mass is 488 g/mol. The molecule has 0 N–H and O–H groups in total. The molecule has 1 saturated heterocycles. The topological polar surface area (TPSA) is 98.8 Å². The number of hydrogen-bond donors (Lipinski definition) is 0. The summed E-state index contributed by atoms with van der Waals surface area (Å²) >= 11 is 0. The van der Waals surface area contributed by atoms with Crippen molar-refractivity contribution >= 4 is 5.91 Å². The van der Waals surface area contributed by atoms with E-state index in [0.29, 0.717) is 50.0 Å². The third-order valence-electron chi connectivity index (χ3n) is 6.40. The van der Waals surface area contributed by atoms with Crippen molar-refractivity contribution in [3.05, 3.63) is 89.6 Å². The lowest BCUT2D eigenvalue weighted by atomic mass is 10.0. The highest BCUT2D eigenvalue weighted by Crippen LogP contribution is 2.35. The Morgan fingerprint density at radius 3 is 2.44 bits per heavy atom. The fraction of sp³-hybridized carbons (Fsp3) is 0.308. The zero-order chi connectivity index (χ0) is 24.9. The van der Waals surface area contributed by atoms with E-state index in [0.717, 1.165) is 17.0 Å². The molecule has 186 valence electrons. The first-order chi connectivity index (χ1) is 17.7. The molecule has 1 atom stereocenters. The van der Waals surface area contributed by atoms with Crippen LogP contribution in [-0.4, -0.2) is 76.3 Å². The number of benzene rings is 2. The minimum Gasteiger partial charge on any atom is -0.493 e. The Morgan fingerprint density at radius 1 is 0.972 bits per heavy atom. The Labute approximate surface area is 209 Å². The largest absolute Gasteiger partial charge is 0.493 e. The van der Waals surface area contributed by atoms with Gasteiger partial charge in [0, 0.05) is 26.2 Å². The summed E-state index contributed by atoms with van der Waals surface area (Å²) in [6, 6.07) is 19.1. The number of amides is 1. The van der Waals surface area contributed by atoms with Gasteiger partial charge in [-0.3, -0.25) is 9.69 Å². The molecule has 0 unspecified atom stereocenters. The van der Waals surface area contributed by atoms with Gasteiger partial charge in [0.1, 0.15) is 0 Å². The number of methoxy groups -OCH3 is 2. The predicted molar refractivity (Wildman–Crippen MR) is 131 cm³/mol. The quantitative estimate of drug-likeness (QED) is 0.373. The van der Waals surface area contributed by atoms with E-state index >= 15 is 0 Å². The van der Waals surface area contributed by atoms with E-state index in [1.54, 1.807) is 26.4 Å². The molecule has 36 heavy (non-hydrogen) atoms. The molecule has 4 aromatic rings. The number of carbonyl (C=O) groups excluding carboxylic acids is 1. The maximum absolute atomic E-state index is 12.8. The third kappa shape index (κ3) is 4.80. The fourth-order valence-corrected chi connectivity index (χ4v) is 4.56. The second kappa shape index (κ2) is 10.6. The lowest BCUT2D eigenvalue weighted by molar-refractivity contribution is 0.0559. The Morgan fingerprint density at radius 2 is 1.75 bits per heavy atom. The Bertz CT molecular complexity index is 1280. The first-order valence-electron chi connectivity index (χ1n) is 11.8. The van der Waals surface area contributed by atoms with Gasteiger partial charge in [0.05, 0.1) is 33.1 Å². The molecule has 0 radical (unpaired) electrons. The Hall–Kier alpha value is -4.18. The van der Waals surface area contributed by atoms with E-state index in [1.807, 2.05) is 46.0 Å². The number of tetrazole rings is 1. The van der Waals surface area contributed by atoms with Gasteiger partial charge in [-0.15, -0.1) is 5.10 Å². The predicted octanol–water partition coefficient (Wildman–Crippen LogP) is 2.88. The molecule has 1 aliphatic rings. The average molecular weight is 489 g/mol. The van der Waals surface area contributed by atoms with Gasteiger partial charge in [-0.25, -0.2) is 4.68 Å². The molecule has 1 fully saturated rings. The van der Waals surface area contributed by atoms with Gasteiger partial charge < -0.3 is 18.8 Å². The lowest BCUT2D eigenvalue weighted by Gasteiger charge is -2.38. The summed E-state index contributed by atoms with van der Waals surface area (Å²) in [5.74, 6) is 2.26. The number of rotatable bonds is 8. The number of nitrogens with zero attached hydrogens (tertiary/aromatic N) is 6. The van der Waals surface area contributed by atoms with Crippen molar-refractivity contribution in [2.45, 2.75) is 12.6 Å². The summed E-state index contributed by atoms with van der Waals surface area (Å²) in [6.07, 6.45) is 1.52. The molecule has 1 amide bonds. The van der Waals surface area contributed by atoms with Crippen LogP contribution in [0.25, 0.3) is 0 Å². The molecule has 10 nitrogen and oxygen atoms in total. The van der Waals surface area contributed by atoms with Crippen molar-refractivity contribution in [1.29, 1.82) is 0 Å². The molecular weight excluding hydrogens is 460 g/mol. The highest BCUT2D eigenvalue weighted by atomic mass is 16.5. The fourth-order valence-electron chi connectivity index (χ4n) is 4.56. The first-order valence-corrected chi connectivity index (χ1v) is 11.8. The van der Waals surface area contributed by atoms with Crippen molar-refractivity contribution in [1.82, 2.24) is 30.0 Å².